The van der Waals surface area contributed by atoms with Gasteiger partial charge in [0.1, 0.15) is 0 Å². The molecule has 1 amide bonds. The Morgan fingerprint density at radius 3 is 3.06 bits per heavy atom. The Morgan fingerprint density at radius 1 is 1.56 bits per heavy atom. The van der Waals surface area contributed by atoms with Crippen molar-refractivity contribution in [2.75, 3.05) is 7.11 Å². The zero-order chi connectivity index (χ0) is 11.5. The fraction of sp³-hybridized carbons (Fsp3) is 0.500. The summed E-state index contributed by atoms with van der Waals surface area (Å²) in [4.78, 5) is 16.1. The molecule has 4 heteroatoms. The van der Waals surface area contributed by atoms with Gasteiger partial charge in [0, 0.05) is 18.5 Å². The summed E-state index contributed by atoms with van der Waals surface area (Å²) in [5.74, 6) is 0.554. The first-order chi connectivity index (χ1) is 7.74. The van der Waals surface area contributed by atoms with E-state index in [-0.39, 0.29) is 11.9 Å². The Bertz CT molecular complexity index is 404. The molecule has 1 aromatic rings. The minimum Gasteiger partial charge on any atom is -0.481 e. The van der Waals surface area contributed by atoms with Crippen LogP contribution < -0.4 is 10.1 Å². The SMILES string of the molecule is CCCC1Cc2nc(OC)ccc2C(=O)N1. The largest absolute Gasteiger partial charge is 0.481 e. The molecule has 2 heterocycles. The maximum atomic E-state index is 11.8. The van der Waals surface area contributed by atoms with Crippen LogP contribution in [0.4, 0.5) is 0 Å². The number of fused-ring (bicyclic) bond motifs is 1. The highest BCUT2D eigenvalue weighted by Crippen LogP contribution is 2.20. The van der Waals surface area contributed by atoms with E-state index < -0.39 is 0 Å². The Morgan fingerprint density at radius 2 is 2.38 bits per heavy atom. The summed E-state index contributed by atoms with van der Waals surface area (Å²) in [6, 6.07) is 3.71. The topological polar surface area (TPSA) is 51.2 Å². The van der Waals surface area contributed by atoms with Crippen LogP contribution in [0.15, 0.2) is 12.1 Å². The number of carbonyl (C=O) groups excluding carboxylic acids is 1. The molecule has 0 saturated carbocycles. The van der Waals surface area contributed by atoms with E-state index in [2.05, 4.69) is 17.2 Å². The summed E-state index contributed by atoms with van der Waals surface area (Å²) in [6.45, 7) is 2.11. The minimum atomic E-state index is -0.0187. The molecule has 0 radical (unpaired) electrons. The molecular formula is C12H16N2O2. The van der Waals surface area contributed by atoms with Crippen LogP contribution in [0.1, 0.15) is 35.8 Å². The average molecular weight is 220 g/mol. The van der Waals surface area contributed by atoms with E-state index in [4.69, 9.17) is 4.74 Å². The Kier molecular flexibility index (Phi) is 3.08. The molecule has 0 spiro atoms. The van der Waals surface area contributed by atoms with Crippen molar-refractivity contribution in [1.29, 1.82) is 0 Å². The van der Waals surface area contributed by atoms with Crippen molar-refractivity contribution < 1.29 is 9.53 Å². The first-order valence-electron chi connectivity index (χ1n) is 5.59. The first kappa shape index (κ1) is 10.9. The first-order valence-corrected chi connectivity index (χ1v) is 5.59. The molecule has 4 nitrogen and oxygen atoms in total. The Hall–Kier alpha value is -1.58. The molecule has 2 rings (SSSR count). The van der Waals surface area contributed by atoms with Crippen LogP contribution in [0.25, 0.3) is 0 Å². The van der Waals surface area contributed by atoms with Crippen molar-refractivity contribution in [3.63, 3.8) is 0 Å². The lowest BCUT2D eigenvalue weighted by Crippen LogP contribution is -2.41. The fourth-order valence-corrected chi connectivity index (χ4v) is 2.03. The number of ether oxygens (including phenoxy) is 1. The van der Waals surface area contributed by atoms with Crippen LogP contribution in [0.2, 0.25) is 0 Å². The predicted octanol–water partition coefficient (Wildman–Crippen LogP) is 1.54. The second-order valence-corrected chi connectivity index (χ2v) is 4.01. The van der Waals surface area contributed by atoms with Crippen molar-refractivity contribution in [3.05, 3.63) is 23.4 Å². The molecule has 1 aliphatic heterocycles. The number of carbonyl (C=O) groups is 1. The zero-order valence-corrected chi connectivity index (χ0v) is 9.62. The molecule has 0 bridgehead atoms. The molecular weight excluding hydrogens is 204 g/mol. The van der Waals surface area contributed by atoms with E-state index in [9.17, 15) is 4.79 Å². The molecule has 0 aliphatic carbocycles. The van der Waals surface area contributed by atoms with Gasteiger partial charge in [-0.25, -0.2) is 4.98 Å². The molecule has 0 aromatic carbocycles. The van der Waals surface area contributed by atoms with E-state index in [1.54, 1.807) is 19.2 Å². The Balaban J connectivity index is 2.28. The van der Waals surface area contributed by atoms with Gasteiger partial charge >= 0.3 is 0 Å². The highest BCUT2D eigenvalue weighted by atomic mass is 16.5. The highest BCUT2D eigenvalue weighted by Gasteiger charge is 2.24. The van der Waals surface area contributed by atoms with Crippen LogP contribution in [-0.4, -0.2) is 24.0 Å². The highest BCUT2D eigenvalue weighted by molar-refractivity contribution is 5.96. The standard InChI is InChI=1S/C12H16N2O2/c1-3-4-8-7-10-9(12(15)13-8)5-6-11(14-10)16-2/h5-6,8H,3-4,7H2,1-2H3,(H,13,15). The molecule has 16 heavy (non-hydrogen) atoms. The summed E-state index contributed by atoms with van der Waals surface area (Å²) >= 11 is 0. The molecule has 1 aliphatic rings. The quantitative estimate of drug-likeness (QED) is 0.840. The van der Waals surface area contributed by atoms with Crippen LogP contribution in [-0.2, 0) is 6.42 Å². The van der Waals surface area contributed by atoms with Crippen molar-refractivity contribution in [1.82, 2.24) is 10.3 Å². The number of nitrogens with one attached hydrogen (secondary N) is 1. The predicted molar refractivity (Wildman–Crippen MR) is 60.7 cm³/mol. The van der Waals surface area contributed by atoms with E-state index in [1.807, 2.05) is 0 Å². The normalized spacial score (nSPS) is 18.9. The van der Waals surface area contributed by atoms with E-state index in [1.165, 1.54) is 0 Å². The van der Waals surface area contributed by atoms with Gasteiger partial charge in [-0.05, 0) is 12.5 Å². The smallest absolute Gasteiger partial charge is 0.253 e. The molecule has 0 fully saturated rings. The lowest BCUT2D eigenvalue weighted by atomic mass is 9.97. The maximum absolute atomic E-state index is 11.8. The summed E-state index contributed by atoms with van der Waals surface area (Å²) in [6.07, 6.45) is 2.85. The molecule has 1 N–H and O–H groups in total. The number of methoxy groups -OCH3 is 1. The van der Waals surface area contributed by atoms with E-state index in [0.717, 1.165) is 25.0 Å². The summed E-state index contributed by atoms with van der Waals surface area (Å²) in [5.41, 5.74) is 1.52. The number of amides is 1. The monoisotopic (exact) mass is 220 g/mol. The van der Waals surface area contributed by atoms with Gasteiger partial charge in [0.2, 0.25) is 5.88 Å². The van der Waals surface area contributed by atoms with Crippen LogP contribution in [0, 0.1) is 0 Å². The minimum absolute atomic E-state index is 0.0187. The van der Waals surface area contributed by atoms with Crippen LogP contribution in [0.5, 0.6) is 5.88 Å². The van der Waals surface area contributed by atoms with E-state index in [0.29, 0.717) is 11.4 Å². The second kappa shape index (κ2) is 4.51. The summed E-state index contributed by atoms with van der Waals surface area (Å²) in [7, 11) is 1.58. The lowest BCUT2D eigenvalue weighted by molar-refractivity contribution is 0.0921. The van der Waals surface area contributed by atoms with E-state index >= 15 is 0 Å². The van der Waals surface area contributed by atoms with Gasteiger partial charge in [0.15, 0.2) is 0 Å². The number of aromatic nitrogens is 1. The van der Waals surface area contributed by atoms with Crippen molar-refractivity contribution in [2.45, 2.75) is 32.2 Å². The third-order valence-corrected chi connectivity index (χ3v) is 2.81. The zero-order valence-electron chi connectivity index (χ0n) is 9.62. The van der Waals surface area contributed by atoms with Crippen molar-refractivity contribution in [3.8, 4) is 5.88 Å². The van der Waals surface area contributed by atoms with Gasteiger partial charge in [-0.1, -0.05) is 13.3 Å². The fourth-order valence-electron chi connectivity index (χ4n) is 2.03. The van der Waals surface area contributed by atoms with Gasteiger partial charge in [-0.15, -0.1) is 0 Å². The summed E-state index contributed by atoms with van der Waals surface area (Å²) in [5, 5.41) is 2.99. The number of rotatable bonds is 3. The average Bonchev–Trinajstić information content (AvgIpc) is 2.28. The summed E-state index contributed by atoms with van der Waals surface area (Å²) < 4.78 is 5.07. The Labute approximate surface area is 95.0 Å². The molecule has 0 saturated heterocycles. The molecule has 1 unspecified atom stereocenters. The number of nitrogens with zero attached hydrogens (tertiary/aromatic N) is 1. The van der Waals surface area contributed by atoms with Crippen molar-refractivity contribution in [2.24, 2.45) is 0 Å². The number of pyridine rings is 1. The van der Waals surface area contributed by atoms with Gasteiger partial charge in [-0.3, -0.25) is 4.79 Å². The number of hydrogen-bond acceptors (Lipinski definition) is 3. The van der Waals surface area contributed by atoms with Gasteiger partial charge in [-0.2, -0.15) is 0 Å². The van der Waals surface area contributed by atoms with Gasteiger partial charge in [0.05, 0.1) is 18.4 Å². The maximum Gasteiger partial charge on any atom is 0.253 e. The van der Waals surface area contributed by atoms with Gasteiger partial charge in [0.25, 0.3) is 5.91 Å². The molecule has 1 aromatic heterocycles. The third-order valence-electron chi connectivity index (χ3n) is 2.81. The van der Waals surface area contributed by atoms with Gasteiger partial charge < -0.3 is 10.1 Å². The lowest BCUT2D eigenvalue weighted by Gasteiger charge is -2.24. The second-order valence-electron chi connectivity index (χ2n) is 4.01. The van der Waals surface area contributed by atoms with Crippen LogP contribution >= 0.6 is 0 Å². The van der Waals surface area contributed by atoms with Crippen LogP contribution in [0.3, 0.4) is 0 Å². The third kappa shape index (κ3) is 2.01. The van der Waals surface area contributed by atoms with Crippen molar-refractivity contribution >= 4 is 5.91 Å². The number of hydrogen-bond donors (Lipinski definition) is 1. The molecule has 1 atom stereocenters. The molecule has 86 valence electrons.